The van der Waals surface area contributed by atoms with E-state index in [0.29, 0.717) is 36.8 Å². The van der Waals surface area contributed by atoms with Crippen molar-refractivity contribution in [2.75, 3.05) is 33.7 Å². The number of carbonyl (C=O) groups is 1. The lowest BCUT2D eigenvalue weighted by Gasteiger charge is -2.36. The van der Waals surface area contributed by atoms with Gasteiger partial charge < -0.3 is 15.5 Å². The molecule has 1 rings (SSSR count). The summed E-state index contributed by atoms with van der Waals surface area (Å²) in [5.41, 5.74) is 5.80. The molecule has 0 aromatic heterocycles. The maximum absolute atomic E-state index is 12.4. The first-order chi connectivity index (χ1) is 8.93. The Balaban J connectivity index is 2.47. The molecule has 0 aromatic carbocycles. The molecule has 0 aliphatic carbocycles. The van der Waals surface area contributed by atoms with Crippen LogP contribution in [0, 0.1) is 11.8 Å². The van der Waals surface area contributed by atoms with E-state index in [9.17, 15) is 4.79 Å². The highest BCUT2D eigenvalue weighted by Crippen LogP contribution is 2.19. The molecular formula is C15H31N3O. The molecule has 0 saturated carbocycles. The zero-order valence-corrected chi connectivity index (χ0v) is 13.1. The van der Waals surface area contributed by atoms with Crippen LogP contribution in [0.3, 0.4) is 0 Å². The first-order valence-electron chi connectivity index (χ1n) is 7.58. The van der Waals surface area contributed by atoms with Crippen LogP contribution in [0.15, 0.2) is 0 Å². The molecule has 2 N–H and O–H groups in total. The summed E-state index contributed by atoms with van der Waals surface area (Å²) in [6.45, 7) is 6.80. The van der Waals surface area contributed by atoms with Gasteiger partial charge in [-0.25, -0.2) is 0 Å². The van der Waals surface area contributed by atoms with E-state index in [2.05, 4.69) is 32.8 Å². The second kappa shape index (κ2) is 7.85. The van der Waals surface area contributed by atoms with Gasteiger partial charge in [0.1, 0.15) is 0 Å². The third-order valence-electron chi connectivity index (χ3n) is 4.08. The van der Waals surface area contributed by atoms with Crippen molar-refractivity contribution in [1.82, 2.24) is 9.80 Å². The SMILES string of the molecule is CC(C)CC(CN)CC(=O)N1CCCC(N(C)C)C1. The number of amides is 1. The number of hydrogen-bond donors (Lipinski definition) is 1. The lowest BCUT2D eigenvalue weighted by Crippen LogP contribution is -2.48. The van der Waals surface area contributed by atoms with Crippen molar-refractivity contribution < 1.29 is 4.79 Å². The van der Waals surface area contributed by atoms with Gasteiger partial charge in [-0.15, -0.1) is 0 Å². The minimum absolute atomic E-state index is 0.294. The number of nitrogens with two attached hydrogens (primary N) is 1. The standard InChI is InChI=1S/C15H31N3O/c1-12(2)8-13(10-16)9-15(19)18-7-5-6-14(11-18)17(3)4/h12-14H,5-11,16H2,1-4H3. The van der Waals surface area contributed by atoms with E-state index in [1.807, 2.05) is 4.90 Å². The summed E-state index contributed by atoms with van der Waals surface area (Å²) in [7, 11) is 4.19. The summed E-state index contributed by atoms with van der Waals surface area (Å²) in [5, 5.41) is 0. The molecule has 1 aliphatic heterocycles. The maximum Gasteiger partial charge on any atom is 0.222 e. The van der Waals surface area contributed by atoms with Gasteiger partial charge in [-0.3, -0.25) is 4.79 Å². The van der Waals surface area contributed by atoms with E-state index in [0.717, 1.165) is 25.9 Å². The fraction of sp³-hybridized carbons (Fsp3) is 0.933. The predicted molar refractivity (Wildman–Crippen MR) is 79.9 cm³/mol. The largest absolute Gasteiger partial charge is 0.341 e. The second-order valence-corrected chi connectivity index (χ2v) is 6.53. The molecule has 0 radical (unpaired) electrons. The Kier molecular flexibility index (Phi) is 6.80. The summed E-state index contributed by atoms with van der Waals surface area (Å²) in [6, 6.07) is 0.513. The van der Waals surface area contributed by atoms with Crippen LogP contribution < -0.4 is 5.73 Å². The minimum atomic E-state index is 0.294. The van der Waals surface area contributed by atoms with Crippen molar-refractivity contribution in [2.24, 2.45) is 17.6 Å². The molecule has 112 valence electrons. The third-order valence-corrected chi connectivity index (χ3v) is 4.08. The average molecular weight is 269 g/mol. The molecule has 1 heterocycles. The van der Waals surface area contributed by atoms with Crippen molar-refractivity contribution in [2.45, 2.75) is 45.6 Å². The fourth-order valence-corrected chi connectivity index (χ4v) is 2.91. The molecular weight excluding hydrogens is 238 g/mol. The molecule has 1 aliphatic rings. The lowest BCUT2D eigenvalue weighted by molar-refractivity contribution is -0.134. The van der Waals surface area contributed by atoms with Crippen molar-refractivity contribution in [3.05, 3.63) is 0 Å². The van der Waals surface area contributed by atoms with E-state index in [1.54, 1.807) is 0 Å². The Morgan fingerprint density at radius 1 is 1.42 bits per heavy atom. The summed E-state index contributed by atoms with van der Waals surface area (Å²) in [5.74, 6) is 1.24. The quantitative estimate of drug-likeness (QED) is 0.796. The molecule has 0 aromatic rings. The van der Waals surface area contributed by atoms with Crippen LogP contribution in [-0.4, -0.2) is 55.5 Å². The van der Waals surface area contributed by atoms with Gasteiger partial charge in [0.05, 0.1) is 0 Å². The maximum atomic E-state index is 12.4. The van der Waals surface area contributed by atoms with Crippen molar-refractivity contribution in [3.8, 4) is 0 Å². The minimum Gasteiger partial charge on any atom is -0.341 e. The van der Waals surface area contributed by atoms with Gasteiger partial charge in [0, 0.05) is 25.6 Å². The number of likely N-dealkylation sites (tertiary alicyclic amines) is 1. The monoisotopic (exact) mass is 269 g/mol. The molecule has 0 spiro atoms. The van der Waals surface area contributed by atoms with Gasteiger partial charge in [0.15, 0.2) is 0 Å². The Morgan fingerprint density at radius 2 is 2.11 bits per heavy atom. The molecule has 4 nitrogen and oxygen atoms in total. The molecule has 1 saturated heterocycles. The number of likely N-dealkylation sites (N-methyl/N-ethyl adjacent to an activating group) is 1. The highest BCUT2D eigenvalue weighted by molar-refractivity contribution is 5.76. The topological polar surface area (TPSA) is 49.6 Å². The van der Waals surface area contributed by atoms with E-state index < -0.39 is 0 Å². The van der Waals surface area contributed by atoms with Gasteiger partial charge in [-0.1, -0.05) is 13.8 Å². The van der Waals surface area contributed by atoms with Crippen LogP contribution in [0.1, 0.15) is 39.5 Å². The summed E-state index contributed by atoms with van der Waals surface area (Å²) < 4.78 is 0. The van der Waals surface area contributed by atoms with Gasteiger partial charge in [0.25, 0.3) is 0 Å². The van der Waals surface area contributed by atoms with Gasteiger partial charge in [-0.05, 0) is 51.7 Å². The summed E-state index contributed by atoms with van der Waals surface area (Å²) >= 11 is 0. The number of piperidine rings is 1. The van der Waals surface area contributed by atoms with Crippen LogP contribution in [0.2, 0.25) is 0 Å². The number of hydrogen-bond acceptors (Lipinski definition) is 3. The van der Waals surface area contributed by atoms with Crippen LogP contribution in [0.25, 0.3) is 0 Å². The smallest absolute Gasteiger partial charge is 0.222 e. The van der Waals surface area contributed by atoms with Crippen molar-refractivity contribution in [1.29, 1.82) is 0 Å². The lowest BCUT2D eigenvalue weighted by atomic mass is 9.93. The van der Waals surface area contributed by atoms with Crippen molar-refractivity contribution >= 4 is 5.91 Å². The number of rotatable bonds is 6. The normalized spacial score (nSPS) is 22.1. The molecule has 2 unspecified atom stereocenters. The summed E-state index contributed by atoms with van der Waals surface area (Å²) in [6.07, 6.45) is 3.98. The Hall–Kier alpha value is -0.610. The van der Waals surface area contributed by atoms with Crippen LogP contribution >= 0.6 is 0 Å². The molecule has 1 amide bonds. The van der Waals surface area contributed by atoms with Gasteiger partial charge in [0.2, 0.25) is 5.91 Å². The van der Waals surface area contributed by atoms with E-state index in [4.69, 9.17) is 5.73 Å². The highest BCUT2D eigenvalue weighted by Gasteiger charge is 2.26. The highest BCUT2D eigenvalue weighted by atomic mass is 16.2. The Labute approximate surface area is 118 Å². The van der Waals surface area contributed by atoms with E-state index in [-0.39, 0.29) is 0 Å². The second-order valence-electron chi connectivity index (χ2n) is 6.53. The number of nitrogens with zero attached hydrogens (tertiary/aromatic N) is 2. The van der Waals surface area contributed by atoms with Gasteiger partial charge in [-0.2, -0.15) is 0 Å². The third kappa shape index (κ3) is 5.49. The zero-order chi connectivity index (χ0) is 14.4. The zero-order valence-electron chi connectivity index (χ0n) is 13.1. The van der Waals surface area contributed by atoms with Crippen LogP contribution in [0.4, 0.5) is 0 Å². The molecule has 19 heavy (non-hydrogen) atoms. The fourth-order valence-electron chi connectivity index (χ4n) is 2.91. The predicted octanol–water partition coefficient (Wildman–Crippen LogP) is 1.55. The van der Waals surface area contributed by atoms with Crippen molar-refractivity contribution in [3.63, 3.8) is 0 Å². The van der Waals surface area contributed by atoms with E-state index in [1.165, 1.54) is 6.42 Å². The molecule has 2 atom stereocenters. The van der Waals surface area contributed by atoms with E-state index >= 15 is 0 Å². The van der Waals surface area contributed by atoms with Crippen LogP contribution in [0.5, 0.6) is 0 Å². The molecule has 1 fully saturated rings. The Bertz CT molecular complexity index is 279. The van der Waals surface area contributed by atoms with Gasteiger partial charge >= 0.3 is 0 Å². The average Bonchev–Trinajstić information content (AvgIpc) is 2.37. The first-order valence-corrected chi connectivity index (χ1v) is 7.58. The molecule has 4 heteroatoms. The summed E-state index contributed by atoms with van der Waals surface area (Å²) in [4.78, 5) is 16.6. The first kappa shape index (κ1) is 16.4. The molecule has 0 bridgehead atoms. The van der Waals surface area contributed by atoms with Crippen LogP contribution in [-0.2, 0) is 4.79 Å². The Morgan fingerprint density at radius 3 is 2.63 bits per heavy atom. The number of carbonyl (C=O) groups excluding carboxylic acids is 1.